The Morgan fingerprint density at radius 3 is 2.19 bits per heavy atom. The molecule has 2 nitrogen and oxygen atoms in total. The van der Waals surface area contributed by atoms with Gasteiger partial charge in [0.1, 0.15) is 11.2 Å². The van der Waals surface area contributed by atoms with Crippen molar-refractivity contribution in [2.24, 2.45) is 0 Å². The highest BCUT2D eigenvalue weighted by molar-refractivity contribution is 6.32. The van der Waals surface area contributed by atoms with E-state index in [0.717, 1.165) is 33.2 Å². The fourth-order valence-electron chi connectivity index (χ4n) is 4.92. The predicted molar refractivity (Wildman–Crippen MR) is 156 cm³/mol. The Labute approximate surface area is 227 Å². The van der Waals surface area contributed by atoms with Gasteiger partial charge in [0.05, 0.1) is 6.85 Å². The van der Waals surface area contributed by atoms with Crippen molar-refractivity contribution in [1.82, 2.24) is 0 Å². The van der Waals surface area contributed by atoms with Crippen LogP contribution in [0.5, 0.6) is 0 Å². The molecule has 0 saturated heterocycles. The lowest BCUT2D eigenvalue weighted by atomic mass is 9.99. The molecule has 0 atom stereocenters. The number of benzene rings is 6. The van der Waals surface area contributed by atoms with Gasteiger partial charge < -0.3 is 9.32 Å². The van der Waals surface area contributed by atoms with Gasteiger partial charge in [-0.05, 0) is 70.4 Å². The largest absolute Gasteiger partial charge is 0.456 e. The minimum absolute atomic E-state index is 0.0797. The number of fused-ring (bicyclic) bond motifs is 4. The molecule has 0 N–H and O–H groups in total. The molecule has 0 amide bonds. The van der Waals surface area contributed by atoms with E-state index in [1.165, 1.54) is 0 Å². The molecule has 0 bridgehead atoms. The standard InChI is InChI=1S/C34H22ClNO/c35-26-20-30(24-10-3-1-4-11-24)34-31-22-29(17-18-32(31)37-33(34)21-26)36(27-13-5-2-6-14-27)28-16-15-23-9-7-8-12-25(23)19-28/h1-22H/i1D,3D,4D,10D,11D. The van der Waals surface area contributed by atoms with E-state index in [4.69, 9.17) is 22.9 Å². The highest BCUT2D eigenvalue weighted by atomic mass is 35.5. The first-order valence-corrected chi connectivity index (χ1v) is 12.3. The van der Waals surface area contributed by atoms with Crippen LogP contribution in [-0.2, 0) is 0 Å². The van der Waals surface area contributed by atoms with E-state index in [2.05, 4.69) is 35.2 Å². The number of anilines is 3. The van der Waals surface area contributed by atoms with Gasteiger partial charge in [-0.3, -0.25) is 0 Å². The molecule has 1 aromatic heterocycles. The SMILES string of the molecule is [2H]c1c([2H])c([2H])c(-c2cc(Cl)cc3oc4ccc(N(c5ccccc5)c5ccc6ccccc6c5)cc4c23)c([2H])c1[2H]. The molecule has 0 fully saturated rings. The van der Waals surface area contributed by atoms with Crippen LogP contribution in [0.4, 0.5) is 17.1 Å². The Morgan fingerprint density at radius 1 is 0.622 bits per heavy atom. The van der Waals surface area contributed by atoms with Crippen LogP contribution in [0.2, 0.25) is 5.02 Å². The van der Waals surface area contributed by atoms with E-state index in [0.29, 0.717) is 27.1 Å². The van der Waals surface area contributed by atoms with Crippen LogP contribution in [0.1, 0.15) is 6.85 Å². The molecule has 0 aliphatic rings. The number of nitrogens with zero attached hydrogens (tertiary/aromatic N) is 1. The fraction of sp³-hybridized carbons (Fsp3) is 0. The summed E-state index contributed by atoms with van der Waals surface area (Å²) in [6, 6.07) is 32.0. The first kappa shape index (κ1) is 17.0. The molecule has 176 valence electrons. The Balaban J connectivity index is 1.51. The summed E-state index contributed by atoms with van der Waals surface area (Å²) >= 11 is 6.48. The van der Waals surface area contributed by atoms with Crippen LogP contribution in [0.15, 0.2) is 138 Å². The van der Waals surface area contributed by atoms with E-state index in [1.54, 1.807) is 12.1 Å². The van der Waals surface area contributed by atoms with Crippen molar-refractivity contribution in [3.05, 3.63) is 138 Å². The summed E-state index contributed by atoms with van der Waals surface area (Å²) in [7, 11) is 0. The Bertz CT molecular complexity index is 2150. The summed E-state index contributed by atoms with van der Waals surface area (Å²) in [6.07, 6.45) is 0. The van der Waals surface area contributed by atoms with Crippen LogP contribution in [0.25, 0.3) is 43.8 Å². The molecule has 37 heavy (non-hydrogen) atoms. The maximum Gasteiger partial charge on any atom is 0.137 e. The molecule has 0 spiro atoms. The van der Waals surface area contributed by atoms with Gasteiger partial charge in [0.25, 0.3) is 0 Å². The van der Waals surface area contributed by atoms with Crippen molar-refractivity contribution >= 4 is 61.4 Å². The summed E-state index contributed by atoms with van der Waals surface area (Å²) < 4.78 is 48.0. The zero-order chi connectivity index (χ0) is 29.1. The molecule has 6 aromatic carbocycles. The molecule has 7 aromatic rings. The van der Waals surface area contributed by atoms with Gasteiger partial charge >= 0.3 is 0 Å². The molecule has 7 rings (SSSR count). The van der Waals surface area contributed by atoms with Gasteiger partial charge in [-0.15, -0.1) is 0 Å². The monoisotopic (exact) mass is 500 g/mol. The molecular weight excluding hydrogens is 474 g/mol. The number of para-hydroxylation sites is 1. The summed E-state index contributed by atoms with van der Waals surface area (Å²) in [4.78, 5) is 2.16. The number of hydrogen-bond donors (Lipinski definition) is 0. The van der Waals surface area contributed by atoms with Crippen molar-refractivity contribution in [2.45, 2.75) is 0 Å². The van der Waals surface area contributed by atoms with Gasteiger partial charge in [0.15, 0.2) is 0 Å². The fourth-order valence-corrected chi connectivity index (χ4v) is 5.13. The third-order valence-electron chi connectivity index (χ3n) is 6.55. The highest BCUT2D eigenvalue weighted by Gasteiger charge is 2.18. The molecule has 0 unspecified atom stereocenters. The van der Waals surface area contributed by atoms with E-state index in [1.807, 2.05) is 60.7 Å². The third kappa shape index (κ3) is 3.83. The highest BCUT2D eigenvalue weighted by Crippen LogP contribution is 2.42. The van der Waals surface area contributed by atoms with Gasteiger partial charge in [0.2, 0.25) is 0 Å². The molecule has 0 aliphatic carbocycles. The quantitative estimate of drug-likeness (QED) is 0.239. The topological polar surface area (TPSA) is 16.4 Å². The lowest BCUT2D eigenvalue weighted by molar-refractivity contribution is 0.669. The van der Waals surface area contributed by atoms with Crippen LogP contribution in [0.3, 0.4) is 0 Å². The molecule has 3 heteroatoms. The number of rotatable bonds is 4. The van der Waals surface area contributed by atoms with Gasteiger partial charge in [0, 0.05) is 38.9 Å². The maximum atomic E-state index is 8.63. The van der Waals surface area contributed by atoms with Crippen LogP contribution in [0, 0.1) is 0 Å². The number of furan rings is 1. The summed E-state index contributed by atoms with van der Waals surface area (Å²) in [6.45, 7) is 0. The maximum absolute atomic E-state index is 8.63. The Hall–Kier alpha value is -4.53. The first-order chi connectivity index (χ1) is 20.3. The second kappa shape index (κ2) is 8.85. The smallest absolute Gasteiger partial charge is 0.137 e. The van der Waals surface area contributed by atoms with Crippen molar-refractivity contribution in [1.29, 1.82) is 0 Å². The average Bonchev–Trinajstić information content (AvgIpc) is 3.37. The van der Waals surface area contributed by atoms with Crippen molar-refractivity contribution in [2.75, 3.05) is 4.90 Å². The molecule has 0 saturated carbocycles. The summed E-state index contributed by atoms with van der Waals surface area (Å²) in [5.74, 6) is 0. The van der Waals surface area contributed by atoms with Gasteiger partial charge in [-0.25, -0.2) is 0 Å². The van der Waals surface area contributed by atoms with Gasteiger partial charge in [-0.2, -0.15) is 0 Å². The normalized spacial score (nSPS) is 13.3. The summed E-state index contributed by atoms with van der Waals surface area (Å²) in [5.41, 5.74) is 4.37. The van der Waals surface area contributed by atoms with E-state index in [-0.39, 0.29) is 17.6 Å². The minimum atomic E-state index is -0.444. The summed E-state index contributed by atoms with van der Waals surface area (Å²) in [5, 5.41) is 3.96. The second-order valence-corrected chi connectivity index (χ2v) is 9.25. The number of hydrogen-bond acceptors (Lipinski definition) is 2. The van der Waals surface area contributed by atoms with Crippen LogP contribution >= 0.6 is 11.6 Å². The van der Waals surface area contributed by atoms with Gasteiger partial charge in [-0.1, -0.05) is 90.3 Å². The number of halogens is 1. The lowest BCUT2D eigenvalue weighted by Gasteiger charge is -2.26. The third-order valence-corrected chi connectivity index (χ3v) is 6.77. The molecule has 0 radical (unpaired) electrons. The predicted octanol–water partition coefficient (Wildman–Crippen LogP) is 10.5. The minimum Gasteiger partial charge on any atom is -0.456 e. The zero-order valence-electron chi connectivity index (χ0n) is 24.5. The molecular formula is C34H22ClNO. The second-order valence-electron chi connectivity index (χ2n) is 8.81. The molecule has 0 aliphatic heterocycles. The lowest BCUT2D eigenvalue weighted by Crippen LogP contribution is -2.09. The zero-order valence-corrected chi connectivity index (χ0v) is 20.3. The molecule has 1 heterocycles. The van der Waals surface area contributed by atoms with Crippen LogP contribution < -0.4 is 4.90 Å². The Kier molecular flexibility index (Phi) is 4.07. The van der Waals surface area contributed by atoms with Crippen molar-refractivity contribution in [3.8, 4) is 11.1 Å². The Morgan fingerprint density at radius 2 is 1.35 bits per heavy atom. The van der Waals surface area contributed by atoms with E-state index >= 15 is 0 Å². The van der Waals surface area contributed by atoms with E-state index < -0.39 is 18.1 Å². The van der Waals surface area contributed by atoms with E-state index in [9.17, 15) is 0 Å². The van der Waals surface area contributed by atoms with Crippen LogP contribution in [-0.4, -0.2) is 0 Å². The van der Waals surface area contributed by atoms with Crippen molar-refractivity contribution < 1.29 is 11.3 Å². The average molecular weight is 501 g/mol. The van der Waals surface area contributed by atoms with Crippen molar-refractivity contribution in [3.63, 3.8) is 0 Å². The first-order valence-electron chi connectivity index (χ1n) is 14.4.